The first kappa shape index (κ1) is 18.2. The number of carbonyl (C=O) groups excluding carboxylic acids is 2. The largest absolute Gasteiger partial charge is 0.340 e. The molecule has 0 spiro atoms. The molecular weight excluding hydrogens is 358 g/mol. The Bertz CT molecular complexity index is 876. The number of carbonyl (C=O) groups is 2. The lowest BCUT2D eigenvalue weighted by Crippen LogP contribution is -2.34. The van der Waals surface area contributed by atoms with Crippen molar-refractivity contribution in [3.05, 3.63) is 45.4 Å². The molecule has 1 fully saturated rings. The quantitative estimate of drug-likeness (QED) is 0.797. The Morgan fingerprint density at radius 3 is 2.93 bits per heavy atom. The van der Waals surface area contributed by atoms with Crippen LogP contribution in [-0.2, 0) is 35.4 Å². The van der Waals surface area contributed by atoms with E-state index in [-0.39, 0.29) is 24.2 Å². The molecule has 1 aliphatic heterocycles. The van der Waals surface area contributed by atoms with Crippen LogP contribution < -0.4 is 4.90 Å². The molecule has 1 aromatic heterocycles. The molecule has 1 aromatic carbocycles. The topological polar surface area (TPSA) is 53.5 Å². The first-order chi connectivity index (χ1) is 13.0. The van der Waals surface area contributed by atoms with Crippen molar-refractivity contribution in [2.24, 2.45) is 5.92 Å². The second-order valence-electron chi connectivity index (χ2n) is 7.49. The lowest BCUT2D eigenvalue weighted by molar-refractivity contribution is -0.135. The summed E-state index contributed by atoms with van der Waals surface area (Å²) in [6.45, 7) is 3.05. The summed E-state index contributed by atoms with van der Waals surface area (Å²) in [5.41, 5.74) is 4.60. The Morgan fingerprint density at radius 2 is 2.15 bits per heavy atom. The minimum Gasteiger partial charge on any atom is -0.340 e. The van der Waals surface area contributed by atoms with E-state index in [1.54, 1.807) is 28.2 Å². The summed E-state index contributed by atoms with van der Waals surface area (Å²) in [5, 5.41) is 3.10. The van der Waals surface area contributed by atoms with Gasteiger partial charge in [0.05, 0.1) is 23.2 Å². The van der Waals surface area contributed by atoms with Crippen molar-refractivity contribution in [1.82, 2.24) is 9.88 Å². The molecule has 1 unspecified atom stereocenters. The highest BCUT2D eigenvalue weighted by Gasteiger charge is 2.36. The van der Waals surface area contributed by atoms with Crippen LogP contribution >= 0.6 is 11.3 Å². The average Bonchev–Trinajstić information content (AvgIpc) is 3.39. The van der Waals surface area contributed by atoms with Crippen molar-refractivity contribution >= 4 is 28.8 Å². The summed E-state index contributed by atoms with van der Waals surface area (Å²) in [6, 6.07) is 6.30. The van der Waals surface area contributed by atoms with E-state index < -0.39 is 0 Å². The normalized spacial score (nSPS) is 18.8. The van der Waals surface area contributed by atoms with Crippen molar-refractivity contribution < 1.29 is 9.59 Å². The predicted molar refractivity (Wildman–Crippen MR) is 107 cm³/mol. The number of hydrogen-bond acceptors (Lipinski definition) is 4. The minimum atomic E-state index is -0.278. The molecule has 5 nitrogen and oxygen atoms in total. The van der Waals surface area contributed by atoms with Crippen LogP contribution in [0, 0.1) is 5.92 Å². The number of aryl methyl sites for hydroxylation is 3. The van der Waals surface area contributed by atoms with Crippen LogP contribution in [0.1, 0.15) is 41.6 Å². The number of aromatic nitrogens is 1. The molecule has 2 amide bonds. The molecule has 142 valence electrons. The molecule has 1 atom stereocenters. The average molecular weight is 384 g/mol. The SMILES string of the molecule is CCc1nc(CN(C)C(=O)C2CC(=O)N(c3ccc4c(c3)CCC4)C2)cs1. The highest BCUT2D eigenvalue weighted by molar-refractivity contribution is 7.09. The van der Waals surface area contributed by atoms with E-state index >= 15 is 0 Å². The van der Waals surface area contributed by atoms with Gasteiger partial charge in [-0.3, -0.25) is 9.59 Å². The number of rotatable bonds is 5. The third-order valence-electron chi connectivity index (χ3n) is 5.55. The molecule has 2 aromatic rings. The lowest BCUT2D eigenvalue weighted by Gasteiger charge is -2.21. The molecule has 27 heavy (non-hydrogen) atoms. The van der Waals surface area contributed by atoms with Gasteiger partial charge in [0.1, 0.15) is 0 Å². The summed E-state index contributed by atoms with van der Waals surface area (Å²) in [6.07, 6.45) is 4.61. The summed E-state index contributed by atoms with van der Waals surface area (Å²) in [5.74, 6) is -0.209. The zero-order chi connectivity index (χ0) is 19.0. The Kier molecular flexibility index (Phi) is 5.00. The Morgan fingerprint density at radius 1 is 1.33 bits per heavy atom. The standard InChI is InChI=1S/C21H25N3O2S/c1-3-19-22-17(13-27-19)12-23(2)21(26)16-10-20(25)24(11-16)18-8-7-14-5-4-6-15(14)9-18/h7-9,13,16H,3-6,10-12H2,1-2H3. The number of benzene rings is 1. The maximum Gasteiger partial charge on any atom is 0.228 e. The zero-order valence-corrected chi connectivity index (χ0v) is 16.7. The summed E-state index contributed by atoms with van der Waals surface area (Å²) in [4.78, 5) is 33.4. The van der Waals surface area contributed by atoms with Crippen molar-refractivity contribution in [3.8, 4) is 0 Å². The van der Waals surface area contributed by atoms with Gasteiger partial charge in [-0.25, -0.2) is 4.98 Å². The molecule has 0 saturated carbocycles. The van der Waals surface area contributed by atoms with Crippen LogP contribution in [0.4, 0.5) is 5.69 Å². The van der Waals surface area contributed by atoms with Crippen molar-refractivity contribution in [1.29, 1.82) is 0 Å². The highest BCUT2D eigenvalue weighted by atomic mass is 32.1. The minimum absolute atomic E-state index is 0.0260. The van der Waals surface area contributed by atoms with Gasteiger partial charge in [0.15, 0.2) is 0 Å². The van der Waals surface area contributed by atoms with Crippen LogP contribution in [-0.4, -0.2) is 35.3 Å². The molecule has 6 heteroatoms. The highest BCUT2D eigenvalue weighted by Crippen LogP contribution is 2.31. The van der Waals surface area contributed by atoms with E-state index in [0.717, 1.165) is 35.7 Å². The first-order valence-corrected chi connectivity index (χ1v) is 10.5. The van der Waals surface area contributed by atoms with Crippen LogP contribution in [0.3, 0.4) is 0 Å². The molecule has 2 heterocycles. The molecule has 0 N–H and O–H groups in total. The summed E-state index contributed by atoms with van der Waals surface area (Å²) < 4.78 is 0. The van der Waals surface area contributed by atoms with E-state index in [9.17, 15) is 9.59 Å². The van der Waals surface area contributed by atoms with Gasteiger partial charge in [-0.05, 0) is 48.9 Å². The van der Waals surface area contributed by atoms with E-state index in [2.05, 4.69) is 24.0 Å². The van der Waals surface area contributed by atoms with E-state index in [4.69, 9.17) is 0 Å². The molecular formula is C21H25N3O2S. The molecule has 2 aliphatic rings. The maximum absolute atomic E-state index is 12.9. The van der Waals surface area contributed by atoms with Crippen molar-refractivity contribution in [2.45, 2.75) is 45.6 Å². The third-order valence-corrected chi connectivity index (χ3v) is 6.59. The van der Waals surface area contributed by atoms with Crippen molar-refractivity contribution in [2.75, 3.05) is 18.5 Å². The molecule has 0 bridgehead atoms. The van der Waals surface area contributed by atoms with E-state index in [1.165, 1.54) is 17.5 Å². The number of nitrogens with zero attached hydrogens (tertiary/aromatic N) is 3. The fourth-order valence-electron chi connectivity index (χ4n) is 4.07. The number of hydrogen-bond donors (Lipinski definition) is 0. The maximum atomic E-state index is 12.9. The molecule has 1 aliphatic carbocycles. The van der Waals surface area contributed by atoms with Gasteiger partial charge >= 0.3 is 0 Å². The molecule has 4 rings (SSSR count). The number of fused-ring (bicyclic) bond motifs is 1. The number of thiazole rings is 1. The van der Waals surface area contributed by atoms with E-state index in [1.807, 2.05) is 11.4 Å². The lowest BCUT2D eigenvalue weighted by atomic mass is 10.1. The van der Waals surface area contributed by atoms with Gasteiger partial charge in [-0.15, -0.1) is 11.3 Å². The third kappa shape index (κ3) is 3.63. The van der Waals surface area contributed by atoms with Crippen LogP contribution in [0.2, 0.25) is 0 Å². The fourth-order valence-corrected chi connectivity index (χ4v) is 4.80. The predicted octanol–water partition coefficient (Wildman–Crippen LogP) is 3.21. The second-order valence-corrected chi connectivity index (χ2v) is 8.44. The number of amides is 2. The summed E-state index contributed by atoms with van der Waals surface area (Å²) in [7, 11) is 1.80. The van der Waals surface area contributed by atoms with Crippen LogP contribution in [0.15, 0.2) is 23.6 Å². The monoisotopic (exact) mass is 383 g/mol. The van der Waals surface area contributed by atoms with Gasteiger partial charge in [0.25, 0.3) is 0 Å². The van der Waals surface area contributed by atoms with Gasteiger partial charge in [-0.2, -0.15) is 0 Å². The van der Waals surface area contributed by atoms with Gasteiger partial charge in [0, 0.05) is 31.1 Å². The first-order valence-electron chi connectivity index (χ1n) is 9.65. The second kappa shape index (κ2) is 7.43. The van der Waals surface area contributed by atoms with Gasteiger partial charge in [0.2, 0.25) is 11.8 Å². The Hall–Kier alpha value is -2.21. The summed E-state index contributed by atoms with van der Waals surface area (Å²) >= 11 is 1.63. The number of anilines is 1. The Labute approximate surface area is 164 Å². The fraction of sp³-hybridized carbons (Fsp3) is 0.476. The van der Waals surface area contributed by atoms with Gasteiger partial charge in [-0.1, -0.05) is 13.0 Å². The van der Waals surface area contributed by atoms with Gasteiger partial charge < -0.3 is 9.80 Å². The van der Waals surface area contributed by atoms with Crippen molar-refractivity contribution in [3.63, 3.8) is 0 Å². The molecule has 1 saturated heterocycles. The zero-order valence-electron chi connectivity index (χ0n) is 15.9. The van der Waals surface area contributed by atoms with E-state index in [0.29, 0.717) is 13.1 Å². The van der Waals surface area contributed by atoms with Crippen LogP contribution in [0.25, 0.3) is 0 Å². The Balaban J connectivity index is 1.42. The smallest absolute Gasteiger partial charge is 0.228 e. The molecule has 0 radical (unpaired) electrons. The van der Waals surface area contributed by atoms with Crippen LogP contribution in [0.5, 0.6) is 0 Å².